The molecule has 0 unspecified atom stereocenters. The normalized spacial score (nSPS) is 11.6. The van der Waals surface area contributed by atoms with Crippen molar-refractivity contribution in [2.75, 3.05) is 0 Å². The molecule has 11 aromatic rings. The van der Waals surface area contributed by atoms with Crippen LogP contribution >= 0.6 is 0 Å². The molecule has 3 aromatic heterocycles. The Morgan fingerprint density at radius 3 is 1.62 bits per heavy atom. The molecule has 254 valence electrons. The van der Waals surface area contributed by atoms with Crippen LogP contribution in [0.15, 0.2) is 176 Å². The number of para-hydroxylation sites is 5. The van der Waals surface area contributed by atoms with Crippen molar-refractivity contribution >= 4 is 71.1 Å². The van der Waals surface area contributed by atoms with Crippen molar-refractivity contribution in [3.8, 4) is 34.3 Å². The lowest BCUT2D eigenvalue weighted by Crippen LogP contribution is -1.99. The molecule has 0 fully saturated rings. The maximum Gasteiger partial charge on any atom is 0.211 e. The molecule has 0 aliphatic carbocycles. The third-order valence-electron chi connectivity index (χ3n) is 11.1. The number of nitriles is 1. The Hall–Kier alpha value is -7.86. The van der Waals surface area contributed by atoms with Crippen LogP contribution in [0.4, 0.5) is 5.69 Å². The van der Waals surface area contributed by atoms with Crippen LogP contribution in [0.25, 0.3) is 98.5 Å². The minimum atomic E-state index is 0.542. The van der Waals surface area contributed by atoms with Crippen LogP contribution in [-0.2, 0) is 0 Å². The van der Waals surface area contributed by atoms with Gasteiger partial charge >= 0.3 is 0 Å². The number of hydrogen-bond donors (Lipinski definition) is 0. The first-order valence-corrected chi connectivity index (χ1v) is 18.3. The van der Waals surface area contributed by atoms with E-state index in [0.29, 0.717) is 11.3 Å². The molecule has 11 rings (SSSR count). The first-order chi connectivity index (χ1) is 27.2. The molecule has 5 heteroatoms. The topological polar surface area (TPSA) is 42.9 Å². The van der Waals surface area contributed by atoms with Crippen molar-refractivity contribution in [2.45, 2.75) is 0 Å². The molecule has 0 atom stereocenters. The van der Waals surface area contributed by atoms with Gasteiger partial charge in [0.25, 0.3) is 0 Å². The average molecular weight is 700 g/mol. The highest BCUT2D eigenvalue weighted by Gasteiger charge is 2.21. The van der Waals surface area contributed by atoms with Gasteiger partial charge in [-0.2, -0.15) is 5.26 Å². The molecular formula is C50H29N5. The van der Waals surface area contributed by atoms with Crippen molar-refractivity contribution in [1.82, 2.24) is 13.7 Å². The third-order valence-corrected chi connectivity index (χ3v) is 11.1. The van der Waals surface area contributed by atoms with Gasteiger partial charge in [0.15, 0.2) is 0 Å². The summed E-state index contributed by atoms with van der Waals surface area (Å²) in [5.41, 5.74) is 12.4. The zero-order chi connectivity index (χ0) is 36.6. The van der Waals surface area contributed by atoms with E-state index < -0.39 is 0 Å². The highest BCUT2D eigenvalue weighted by Crippen LogP contribution is 2.43. The summed E-state index contributed by atoms with van der Waals surface area (Å²) in [6.07, 6.45) is 0. The van der Waals surface area contributed by atoms with Crippen molar-refractivity contribution in [3.05, 3.63) is 193 Å². The quantitative estimate of drug-likeness (QED) is 0.169. The summed E-state index contributed by atoms with van der Waals surface area (Å²) in [5, 5.41) is 16.8. The predicted molar refractivity (Wildman–Crippen MR) is 226 cm³/mol. The summed E-state index contributed by atoms with van der Waals surface area (Å²) in [4.78, 5) is 4.06. The lowest BCUT2D eigenvalue weighted by molar-refractivity contribution is 1.15. The molecule has 5 nitrogen and oxygen atoms in total. The summed E-state index contributed by atoms with van der Waals surface area (Å²) in [6.45, 7) is 8.31. The van der Waals surface area contributed by atoms with Gasteiger partial charge in [-0.05, 0) is 71.8 Å². The molecule has 3 heterocycles. The molecular weight excluding hydrogens is 671 g/mol. The van der Waals surface area contributed by atoms with Crippen LogP contribution in [-0.4, -0.2) is 13.7 Å². The van der Waals surface area contributed by atoms with Crippen LogP contribution in [0.3, 0.4) is 0 Å². The van der Waals surface area contributed by atoms with Crippen molar-refractivity contribution in [3.63, 3.8) is 0 Å². The van der Waals surface area contributed by atoms with Crippen LogP contribution in [0, 0.1) is 17.9 Å². The number of aromatic nitrogens is 3. The van der Waals surface area contributed by atoms with E-state index in [1.54, 1.807) is 0 Å². The van der Waals surface area contributed by atoms with E-state index in [1.165, 1.54) is 32.6 Å². The van der Waals surface area contributed by atoms with E-state index >= 15 is 0 Å². The van der Waals surface area contributed by atoms with Gasteiger partial charge < -0.3 is 13.7 Å². The van der Waals surface area contributed by atoms with Crippen LogP contribution in [0.2, 0.25) is 0 Å². The SMILES string of the molecule is [C-]#[N+]c1cccc(-c2cccc(-n3c4ccccc4c4ccc(-n5c6ccccc6c6ccccc65)cc43)c2)c1-n1c2ccccc2c2c(C#N)cccc21. The number of nitrogens with zero attached hydrogens (tertiary/aromatic N) is 5. The minimum Gasteiger partial charge on any atom is -0.318 e. The molecule has 0 saturated carbocycles. The molecule has 55 heavy (non-hydrogen) atoms. The Kier molecular flexibility index (Phi) is 6.61. The number of fused-ring (bicyclic) bond motifs is 9. The van der Waals surface area contributed by atoms with E-state index in [-0.39, 0.29) is 0 Å². The zero-order valence-electron chi connectivity index (χ0n) is 29.5. The monoisotopic (exact) mass is 699 g/mol. The third kappa shape index (κ3) is 4.39. The van der Waals surface area contributed by atoms with E-state index in [2.05, 4.69) is 158 Å². The first-order valence-electron chi connectivity index (χ1n) is 18.3. The Labute approximate surface area is 316 Å². The number of hydrogen-bond acceptors (Lipinski definition) is 1. The lowest BCUT2D eigenvalue weighted by atomic mass is 10.0. The second kappa shape index (κ2) is 11.8. The van der Waals surface area contributed by atoms with Crippen molar-refractivity contribution in [2.24, 2.45) is 0 Å². The summed E-state index contributed by atoms with van der Waals surface area (Å²) >= 11 is 0. The lowest BCUT2D eigenvalue weighted by Gasteiger charge is -2.17. The smallest absolute Gasteiger partial charge is 0.211 e. The van der Waals surface area contributed by atoms with Crippen molar-refractivity contribution < 1.29 is 0 Å². The second-order valence-electron chi connectivity index (χ2n) is 13.9. The van der Waals surface area contributed by atoms with Gasteiger partial charge in [0.2, 0.25) is 5.69 Å². The fraction of sp³-hybridized carbons (Fsp3) is 0. The second-order valence-corrected chi connectivity index (χ2v) is 13.9. The first kappa shape index (κ1) is 30.7. The Balaban J connectivity index is 1.17. The molecule has 0 saturated heterocycles. The molecule has 0 N–H and O–H groups in total. The predicted octanol–water partition coefficient (Wildman–Crippen LogP) is 13.1. The summed E-state index contributed by atoms with van der Waals surface area (Å²) in [5.74, 6) is 0. The summed E-state index contributed by atoms with van der Waals surface area (Å²) < 4.78 is 6.90. The number of rotatable bonds is 4. The van der Waals surface area contributed by atoms with Crippen molar-refractivity contribution in [1.29, 1.82) is 5.26 Å². The largest absolute Gasteiger partial charge is 0.318 e. The maximum atomic E-state index is 10.1. The van der Waals surface area contributed by atoms with E-state index in [1.807, 2.05) is 42.5 Å². The fourth-order valence-electron chi connectivity index (χ4n) is 8.83. The molecule has 0 spiro atoms. The summed E-state index contributed by atoms with van der Waals surface area (Å²) in [7, 11) is 0. The number of benzene rings is 8. The van der Waals surface area contributed by atoms with Gasteiger partial charge in [-0.1, -0.05) is 115 Å². The molecule has 8 aromatic carbocycles. The van der Waals surface area contributed by atoms with Crippen LogP contribution < -0.4 is 0 Å². The van der Waals surface area contributed by atoms with E-state index in [4.69, 9.17) is 6.57 Å². The van der Waals surface area contributed by atoms with Gasteiger partial charge in [-0.25, -0.2) is 4.85 Å². The van der Waals surface area contributed by atoms with Gasteiger partial charge in [-0.15, -0.1) is 0 Å². The molecule has 0 aliphatic heterocycles. The Bertz CT molecular complexity index is 3420. The van der Waals surface area contributed by atoms with Gasteiger partial charge in [0.05, 0.1) is 57.0 Å². The van der Waals surface area contributed by atoms with Crippen LogP contribution in [0.1, 0.15) is 5.56 Å². The van der Waals surface area contributed by atoms with E-state index in [9.17, 15) is 5.26 Å². The molecule has 0 amide bonds. The minimum absolute atomic E-state index is 0.542. The van der Waals surface area contributed by atoms with Gasteiger partial charge in [0.1, 0.15) is 0 Å². The highest BCUT2D eigenvalue weighted by atomic mass is 15.0. The molecule has 0 radical (unpaired) electrons. The average Bonchev–Trinajstić information content (AvgIpc) is 3.89. The van der Waals surface area contributed by atoms with Crippen LogP contribution in [0.5, 0.6) is 0 Å². The fourth-order valence-corrected chi connectivity index (χ4v) is 8.83. The highest BCUT2D eigenvalue weighted by molar-refractivity contribution is 6.14. The maximum absolute atomic E-state index is 10.1. The van der Waals surface area contributed by atoms with Gasteiger partial charge in [-0.3, -0.25) is 0 Å². The molecule has 0 aliphatic rings. The Morgan fingerprint density at radius 1 is 0.436 bits per heavy atom. The zero-order valence-corrected chi connectivity index (χ0v) is 29.5. The van der Waals surface area contributed by atoms with E-state index in [0.717, 1.165) is 61.0 Å². The Morgan fingerprint density at radius 2 is 0.964 bits per heavy atom. The molecule has 0 bridgehead atoms. The van der Waals surface area contributed by atoms with Gasteiger partial charge in [0, 0.05) is 43.7 Å². The summed E-state index contributed by atoms with van der Waals surface area (Å²) in [6, 6.07) is 63.6. The standard InChI is InChI=1S/C50H29N5/c1-52-42-21-12-20-36(50(42)55-46-25-9-5-19-41(46)49-33(31-51)14-11-26-47(49)55)32-13-10-15-34(29-32)54-45-24-8-4-18-39(45)40-28-27-35(30-48(40)54)53-43-22-6-2-16-37(43)38-17-3-7-23-44(38)53/h2-30H.